The fourth-order valence-electron chi connectivity index (χ4n) is 2.39. The van der Waals surface area contributed by atoms with Crippen LogP contribution in [0.1, 0.15) is 5.56 Å². The van der Waals surface area contributed by atoms with Gasteiger partial charge in [0.1, 0.15) is 5.82 Å². The number of nitrogens with zero attached hydrogens (tertiary/aromatic N) is 3. The number of hydrogen-bond donors (Lipinski definition) is 1. The first-order valence-corrected chi connectivity index (χ1v) is 9.72. The van der Waals surface area contributed by atoms with Gasteiger partial charge in [0.05, 0.1) is 17.9 Å². The highest BCUT2D eigenvalue weighted by molar-refractivity contribution is 7.99. The van der Waals surface area contributed by atoms with E-state index in [0.29, 0.717) is 5.69 Å². The lowest BCUT2D eigenvalue weighted by atomic mass is 10.2. The maximum absolute atomic E-state index is 13.8. The van der Waals surface area contributed by atoms with E-state index >= 15 is 0 Å². The average molecular weight is 414 g/mol. The number of hydrogen-bond acceptors (Lipinski definition) is 6. The first-order chi connectivity index (χ1) is 13.9. The predicted octanol–water partition coefficient (Wildman–Crippen LogP) is 3.37. The Morgan fingerprint density at radius 1 is 1.14 bits per heavy atom. The van der Waals surface area contributed by atoms with E-state index in [0.717, 1.165) is 17.3 Å². The van der Waals surface area contributed by atoms with Crippen molar-refractivity contribution in [2.45, 2.75) is 12.1 Å². The second kappa shape index (κ2) is 9.33. The van der Waals surface area contributed by atoms with E-state index in [9.17, 15) is 14.0 Å². The molecule has 0 unspecified atom stereocenters. The highest BCUT2D eigenvalue weighted by atomic mass is 32.2. The van der Waals surface area contributed by atoms with Crippen molar-refractivity contribution in [2.75, 3.05) is 24.7 Å². The molecule has 0 aliphatic carbocycles. The minimum absolute atomic E-state index is 0.00716. The Bertz CT molecular complexity index is 1010. The van der Waals surface area contributed by atoms with Gasteiger partial charge in [0.15, 0.2) is 0 Å². The van der Waals surface area contributed by atoms with Gasteiger partial charge in [-0.1, -0.05) is 41.6 Å². The summed E-state index contributed by atoms with van der Waals surface area (Å²) in [6.45, 7) is 1.87. The molecule has 7 nitrogen and oxygen atoms in total. The Balaban J connectivity index is 1.49. The van der Waals surface area contributed by atoms with Crippen molar-refractivity contribution in [3.8, 4) is 11.5 Å². The lowest BCUT2D eigenvalue weighted by Gasteiger charge is -2.16. The molecule has 0 saturated heterocycles. The van der Waals surface area contributed by atoms with Crippen LogP contribution in [0.5, 0.6) is 0 Å². The molecule has 3 rings (SSSR count). The normalized spacial score (nSPS) is 10.6. The third-order valence-electron chi connectivity index (χ3n) is 3.97. The molecule has 0 saturated carbocycles. The number of amides is 2. The van der Waals surface area contributed by atoms with Crippen molar-refractivity contribution in [2.24, 2.45) is 0 Å². The summed E-state index contributed by atoms with van der Waals surface area (Å²) < 4.78 is 19.2. The number of nitrogens with one attached hydrogen (secondary N) is 1. The fraction of sp³-hybridized carbons (Fsp3) is 0.200. The van der Waals surface area contributed by atoms with Gasteiger partial charge in [-0.25, -0.2) is 4.39 Å². The summed E-state index contributed by atoms with van der Waals surface area (Å²) in [7, 11) is 1.54. The molecule has 0 spiro atoms. The Labute approximate surface area is 171 Å². The van der Waals surface area contributed by atoms with Crippen LogP contribution < -0.4 is 5.32 Å². The van der Waals surface area contributed by atoms with Crippen molar-refractivity contribution in [3.63, 3.8) is 0 Å². The van der Waals surface area contributed by atoms with Crippen LogP contribution in [0.2, 0.25) is 0 Å². The SMILES string of the molecule is Cc1ccc(NC(=O)CN(C)C(=O)CSc2nnc(-c3ccccc3F)o2)cc1. The number of likely N-dealkylation sites (N-methyl/N-ethyl adjacent to an activating group) is 1. The highest BCUT2D eigenvalue weighted by Crippen LogP contribution is 2.25. The van der Waals surface area contributed by atoms with Crippen LogP contribution in [0.4, 0.5) is 10.1 Å². The standard InChI is InChI=1S/C20H19FN4O3S/c1-13-7-9-14(10-8-13)22-17(26)11-25(2)18(27)12-29-20-24-23-19(28-20)15-5-3-4-6-16(15)21/h3-10H,11-12H2,1-2H3,(H,22,26). The Morgan fingerprint density at radius 2 is 1.86 bits per heavy atom. The molecule has 1 heterocycles. The average Bonchev–Trinajstić information content (AvgIpc) is 3.17. The fourth-order valence-corrected chi connectivity index (χ4v) is 3.09. The topological polar surface area (TPSA) is 88.3 Å². The number of thioether (sulfide) groups is 1. The van der Waals surface area contributed by atoms with Crippen LogP contribution in [0.25, 0.3) is 11.5 Å². The lowest BCUT2D eigenvalue weighted by molar-refractivity contribution is -0.131. The van der Waals surface area contributed by atoms with Gasteiger partial charge < -0.3 is 14.6 Å². The second-order valence-corrected chi connectivity index (χ2v) is 7.23. The van der Waals surface area contributed by atoms with Crippen LogP contribution >= 0.6 is 11.8 Å². The molecule has 0 bridgehead atoms. The van der Waals surface area contributed by atoms with E-state index in [1.54, 1.807) is 24.3 Å². The van der Waals surface area contributed by atoms with E-state index in [4.69, 9.17) is 4.42 Å². The number of carbonyl (C=O) groups excluding carboxylic acids is 2. The highest BCUT2D eigenvalue weighted by Gasteiger charge is 2.17. The molecule has 1 N–H and O–H groups in total. The molecule has 0 radical (unpaired) electrons. The molecular weight excluding hydrogens is 395 g/mol. The van der Waals surface area contributed by atoms with Crippen molar-refractivity contribution in [1.82, 2.24) is 15.1 Å². The first kappa shape index (κ1) is 20.5. The minimum atomic E-state index is -0.469. The molecular formula is C20H19FN4O3S. The minimum Gasteiger partial charge on any atom is -0.411 e. The van der Waals surface area contributed by atoms with Crippen molar-refractivity contribution in [1.29, 1.82) is 0 Å². The molecule has 0 atom stereocenters. The van der Waals surface area contributed by atoms with E-state index in [2.05, 4.69) is 15.5 Å². The molecule has 150 valence electrons. The molecule has 0 fully saturated rings. The summed E-state index contributed by atoms with van der Waals surface area (Å²) in [6, 6.07) is 13.4. The zero-order valence-electron chi connectivity index (χ0n) is 15.9. The van der Waals surface area contributed by atoms with E-state index in [1.807, 2.05) is 19.1 Å². The Hall–Kier alpha value is -3.20. The Morgan fingerprint density at radius 3 is 2.59 bits per heavy atom. The number of halogens is 1. The quantitative estimate of drug-likeness (QED) is 0.597. The van der Waals surface area contributed by atoms with Gasteiger partial charge in [0.2, 0.25) is 11.8 Å². The summed E-state index contributed by atoms with van der Waals surface area (Å²) in [6.07, 6.45) is 0. The summed E-state index contributed by atoms with van der Waals surface area (Å²) >= 11 is 1.03. The third kappa shape index (κ3) is 5.64. The van der Waals surface area contributed by atoms with Gasteiger partial charge in [-0.3, -0.25) is 9.59 Å². The van der Waals surface area contributed by atoms with Crippen LogP contribution in [0.3, 0.4) is 0 Å². The van der Waals surface area contributed by atoms with Gasteiger partial charge in [-0.2, -0.15) is 0 Å². The molecule has 0 aliphatic heterocycles. The number of benzene rings is 2. The van der Waals surface area contributed by atoms with Crippen LogP contribution in [-0.2, 0) is 9.59 Å². The number of aromatic nitrogens is 2. The van der Waals surface area contributed by atoms with Gasteiger partial charge in [-0.15, -0.1) is 10.2 Å². The lowest BCUT2D eigenvalue weighted by Crippen LogP contribution is -2.35. The first-order valence-electron chi connectivity index (χ1n) is 8.74. The summed E-state index contributed by atoms with van der Waals surface area (Å²) in [4.78, 5) is 25.7. The molecule has 2 amide bonds. The van der Waals surface area contributed by atoms with E-state index in [-0.39, 0.29) is 40.8 Å². The summed E-state index contributed by atoms with van der Waals surface area (Å²) in [5, 5.41) is 10.5. The largest absolute Gasteiger partial charge is 0.411 e. The molecule has 9 heteroatoms. The zero-order valence-corrected chi connectivity index (χ0v) is 16.7. The zero-order chi connectivity index (χ0) is 20.8. The van der Waals surface area contributed by atoms with Crippen LogP contribution in [0.15, 0.2) is 58.2 Å². The van der Waals surface area contributed by atoms with Crippen LogP contribution in [0, 0.1) is 12.7 Å². The van der Waals surface area contributed by atoms with Gasteiger partial charge in [0.25, 0.3) is 11.1 Å². The van der Waals surface area contributed by atoms with E-state index < -0.39 is 5.82 Å². The number of rotatable bonds is 7. The maximum Gasteiger partial charge on any atom is 0.277 e. The maximum atomic E-state index is 13.8. The van der Waals surface area contributed by atoms with Crippen molar-refractivity contribution >= 4 is 29.3 Å². The summed E-state index contributed by atoms with van der Waals surface area (Å²) in [5.74, 6) is -0.992. The van der Waals surface area contributed by atoms with E-state index in [1.165, 1.54) is 24.1 Å². The van der Waals surface area contributed by atoms with Crippen LogP contribution in [-0.4, -0.2) is 46.3 Å². The monoisotopic (exact) mass is 414 g/mol. The molecule has 3 aromatic rings. The molecule has 29 heavy (non-hydrogen) atoms. The van der Waals surface area contributed by atoms with Gasteiger partial charge >= 0.3 is 0 Å². The van der Waals surface area contributed by atoms with Gasteiger partial charge in [-0.05, 0) is 31.2 Å². The Kier molecular flexibility index (Phi) is 6.61. The molecule has 0 aliphatic rings. The number of aryl methyl sites for hydroxylation is 1. The smallest absolute Gasteiger partial charge is 0.277 e. The molecule has 2 aromatic carbocycles. The second-order valence-electron chi connectivity index (χ2n) is 6.31. The predicted molar refractivity (Wildman–Crippen MR) is 108 cm³/mol. The number of anilines is 1. The molecule has 1 aromatic heterocycles. The number of carbonyl (C=O) groups is 2. The third-order valence-corrected chi connectivity index (χ3v) is 4.77. The van der Waals surface area contributed by atoms with Gasteiger partial charge in [0, 0.05) is 12.7 Å². The van der Waals surface area contributed by atoms with Crippen molar-refractivity contribution in [3.05, 3.63) is 59.9 Å². The summed E-state index contributed by atoms with van der Waals surface area (Å²) in [5.41, 5.74) is 1.96. The van der Waals surface area contributed by atoms with Crippen molar-refractivity contribution < 1.29 is 18.4 Å².